The summed E-state index contributed by atoms with van der Waals surface area (Å²) < 4.78 is 47.0. The highest BCUT2D eigenvalue weighted by atomic mass is 32.2. The fourth-order valence-corrected chi connectivity index (χ4v) is 3.90. The molecule has 2 heterocycles. The van der Waals surface area contributed by atoms with Gasteiger partial charge in [0.25, 0.3) is 10.0 Å². The van der Waals surface area contributed by atoms with Gasteiger partial charge in [-0.15, -0.1) is 0 Å². The summed E-state index contributed by atoms with van der Waals surface area (Å²) >= 11 is 0. The van der Waals surface area contributed by atoms with Gasteiger partial charge in [-0.2, -0.15) is 5.10 Å². The van der Waals surface area contributed by atoms with Gasteiger partial charge in [-0.3, -0.25) is 9.82 Å². The molecule has 0 unspecified atom stereocenters. The average Bonchev–Trinajstić information content (AvgIpc) is 3.17. The van der Waals surface area contributed by atoms with Gasteiger partial charge in [0.2, 0.25) is 0 Å². The van der Waals surface area contributed by atoms with Crippen LogP contribution in [-0.4, -0.2) is 30.7 Å². The normalized spacial score (nSPS) is 11.5. The van der Waals surface area contributed by atoms with E-state index in [4.69, 9.17) is 4.74 Å². The molecule has 2 N–H and O–H groups in total. The number of para-hydroxylation sites is 1. The highest BCUT2D eigenvalue weighted by Crippen LogP contribution is 2.33. The molecule has 0 saturated carbocycles. The number of sulfonamides is 1. The van der Waals surface area contributed by atoms with Gasteiger partial charge in [-0.1, -0.05) is 12.1 Å². The van der Waals surface area contributed by atoms with Crippen molar-refractivity contribution in [3.05, 3.63) is 66.7 Å². The summed E-state index contributed by atoms with van der Waals surface area (Å²) in [7, 11) is -2.51. The average molecular weight is 398 g/mol. The monoisotopic (exact) mass is 398 g/mol. The van der Waals surface area contributed by atoms with E-state index in [1.54, 1.807) is 24.5 Å². The van der Waals surface area contributed by atoms with Crippen LogP contribution in [0, 0.1) is 5.82 Å². The summed E-state index contributed by atoms with van der Waals surface area (Å²) in [5.41, 5.74) is 1.69. The molecular formula is C19H15FN4O3S. The third kappa shape index (κ3) is 3.27. The zero-order valence-electron chi connectivity index (χ0n) is 14.7. The first-order valence-corrected chi connectivity index (χ1v) is 9.71. The van der Waals surface area contributed by atoms with Crippen molar-refractivity contribution < 1.29 is 17.5 Å². The van der Waals surface area contributed by atoms with Crippen LogP contribution < -0.4 is 9.46 Å². The molecule has 4 aromatic rings. The van der Waals surface area contributed by atoms with Crippen LogP contribution in [-0.2, 0) is 10.0 Å². The molecule has 0 aliphatic heterocycles. The van der Waals surface area contributed by atoms with E-state index in [1.807, 2.05) is 6.07 Å². The number of halogens is 1. The molecule has 2 aromatic heterocycles. The van der Waals surface area contributed by atoms with E-state index in [-0.39, 0.29) is 10.6 Å². The van der Waals surface area contributed by atoms with Crippen molar-refractivity contribution >= 4 is 26.7 Å². The SMILES string of the molecule is COc1ccc(S(=O)(=O)Nc2ccccc2F)cc1-c1cnc2[nH]ncc2c1. The first-order valence-electron chi connectivity index (χ1n) is 8.23. The Balaban J connectivity index is 1.78. The summed E-state index contributed by atoms with van der Waals surface area (Å²) in [5, 5.41) is 7.47. The lowest BCUT2D eigenvalue weighted by Gasteiger charge is -2.13. The van der Waals surface area contributed by atoms with Crippen LogP contribution in [0.3, 0.4) is 0 Å². The molecule has 0 aliphatic rings. The quantitative estimate of drug-likeness (QED) is 0.536. The Morgan fingerprint density at radius 1 is 1.11 bits per heavy atom. The van der Waals surface area contributed by atoms with Crippen molar-refractivity contribution in [1.29, 1.82) is 0 Å². The highest BCUT2D eigenvalue weighted by Gasteiger charge is 2.19. The van der Waals surface area contributed by atoms with Crippen LogP contribution >= 0.6 is 0 Å². The van der Waals surface area contributed by atoms with Crippen LogP contribution in [0.25, 0.3) is 22.2 Å². The van der Waals surface area contributed by atoms with Gasteiger partial charge in [-0.25, -0.2) is 17.8 Å². The Morgan fingerprint density at radius 3 is 2.71 bits per heavy atom. The number of anilines is 1. The Bertz CT molecular complexity index is 1270. The number of methoxy groups -OCH3 is 1. The summed E-state index contributed by atoms with van der Waals surface area (Å²) in [4.78, 5) is 4.25. The van der Waals surface area contributed by atoms with E-state index in [1.165, 1.54) is 37.4 Å². The second kappa shape index (κ2) is 6.93. The molecule has 0 radical (unpaired) electrons. The fourth-order valence-electron chi connectivity index (χ4n) is 2.81. The summed E-state index contributed by atoms with van der Waals surface area (Å²) in [6.07, 6.45) is 3.22. The predicted molar refractivity (Wildman–Crippen MR) is 103 cm³/mol. The van der Waals surface area contributed by atoms with Gasteiger partial charge >= 0.3 is 0 Å². The molecule has 4 rings (SSSR count). The molecule has 0 atom stereocenters. The first-order chi connectivity index (χ1) is 13.5. The lowest BCUT2D eigenvalue weighted by Crippen LogP contribution is -2.14. The smallest absolute Gasteiger partial charge is 0.262 e. The molecule has 0 aliphatic carbocycles. The largest absolute Gasteiger partial charge is 0.496 e. The number of nitrogens with zero attached hydrogens (tertiary/aromatic N) is 2. The summed E-state index contributed by atoms with van der Waals surface area (Å²) in [6.45, 7) is 0. The number of H-pyrrole nitrogens is 1. The predicted octanol–water partition coefficient (Wildman–Crippen LogP) is 3.57. The zero-order valence-corrected chi connectivity index (χ0v) is 15.5. The van der Waals surface area contributed by atoms with E-state index in [2.05, 4.69) is 19.9 Å². The second-order valence-electron chi connectivity index (χ2n) is 5.98. The van der Waals surface area contributed by atoms with Gasteiger partial charge in [0.05, 0.1) is 23.9 Å². The fraction of sp³-hybridized carbons (Fsp3) is 0.0526. The number of aromatic nitrogens is 3. The number of ether oxygens (including phenoxy) is 1. The van der Waals surface area contributed by atoms with Gasteiger partial charge in [-0.05, 0) is 36.4 Å². The zero-order chi connectivity index (χ0) is 19.7. The minimum Gasteiger partial charge on any atom is -0.496 e. The molecule has 2 aromatic carbocycles. The van der Waals surface area contributed by atoms with E-state index in [0.29, 0.717) is 22.5 Å². The van der Waals surface area contributed by atoms with Crippen molar-refractivity contribution in [2.45, 2.75) is 4.90 Å². The van der Waals surface area contributed by atoms with E-state index in [9.17, 15) is 12.8 Å². The molecule has 9 heteroatoms. The molecular weight excluding hydrogens is 383 g/mol. The number of hydrogen-bond donors (Lipinski definition) is 2. The topological polar surface area (TPSA) is 97.0 Å². The number of hydrogen-bond acceptors (Lipinski definition) is 5. The molecule has 0 spiro atoms. The van der Waals surface area contributed by atoms with Crippen molar-refractivity contribution in [2.75, 3.05) is 11.8 Å². The van der Waals surface area contributed by atoms with Crippen LogP contribution in [0.4, 0.5) is 10.1 Å². The number of aromatic amines is 1. The number of rotatable bonds is 5. The van der Waals surface area contributed by atoms with Crippen molar-refractivity contribution in [2.24, 2.45) is 0 Å². The minimum atomic E-state index is -4.01. The van der Waals surface area contributed by atoms with E-state index >= 15 is 0 Å². The van der Waals surface area contributed by atoms with Gasteiger partial charge in [0.1, 0.15) is 11.6 Å². The Hall–Kier alpha value is -3.46. The number of fused-ring (bicyclic) bond motifs is 1. The standard InChI is InChI=1S/C19H15FN4O3S/c1-27-18-7-6-14(28(25,26)24-17-5-3-2-4-16(17)20)9-15(18)12-8-13-11-22-23-19(13)21-10-12/h2-11,24H,1H3,(H,21,22,23). The number of nitrogens with one attached hydrogen (secondary N) is 2. The van der Waals surface area contributed by atoms with E-state index < -0.39 is 15.8 Å². The molecule has 7 nitrogen and oxygen atoms in total. The maximum absolute atomic E-state index is 13.9. The lowest BCUT2D eigenvalue weighted by molar-refractivity contribution is 0.416. The second-order valence-corrected chi connectivity index (χ2v) is 7.66. The third-order valence-electron chi connectivity index (χ3n) is 4.20. The van der Waals surface area contributed by atoms with E-state index in [0.717, 1.165) is 5.39 Å². The molecule has 0 fully saturated rings. The van der Waals surface area contributed by atoms with Crippen LogP contribution in [0.5, 0.6) is 5.75 Å². The highest BCUT2D eigenvalue weighted by molar-refractivity contribution is 7.92. The maximum atomic E-state index is 13.9. The molecule has 0 bridgehead atoms. The molecule has 142 valence electrons. The number of benzene rings is 2. The van der Waals surface area contributed by atoms with Crippen molar-refractivity contribution in [1.82, 2.24) is 15.2 Å². The Morgan fingerprint density at radius 2 is 1.93 bits per heavy atom. The van der Waals surface area contributed by atoms with Gasteiger partial charge in [0, 0.05) is 22.7 Å². The Kier molecular flexibility index (Phi) is 4.44. The molecule has 28 heavy (non-hydrogen) atoms. The van der Waals surface area contributed by atoms with Crippen molar-refractivity contribution in [3.8, 4) is 16.9 Å². The lowest BCUT2D eigenvalue weighted by atomic mass is 10.1. The molecule has 0 saturated heterocycles. The van der Waals surface area contributed by atoms with Gasteiger partial charge < -0.3 is 4.74 Å². The third-order valence-corrected chi connectivity index (χ3v) is 5.56. The Labute approximate surface area is 160 Å². The van der Waals surface area contributed by atoms with Crippen LogP contribution in [0.2, 0.25) is 0 Å². The minimum absolute atomic E-state index is 0.0288. The van der Waals surface area contributed by atoms with Crippen LogP contribution in [0.1, 0.15) is 0 Å². The molecule has 0 amide bonds. The summed E-state index contributed by atoms with van der Waals surface area (Å²) in [6, 6.07) is 11.8. The maximum Gasteiger partial charge on any atom is 0.262 e. The first kappa shape index (κ1) is 17.9. The summed E-state index contributed by atoms with van der Waals surface area (Å²) in [5.74, 6) is -0.177. The van der Waals surface area contributed by atoms with Crippen LogP contribution in [0.15, 0.2) is 65.8 Å². The number of pyridine rings is 1. The van der Waals surface area contributed by atoms with Crippen molar-refractivity contribution in [3.63, 3.8) is 0 Å². The van der Waals surface area contributed by atoms with Gasteiger partial charge in [0.15, 0.2) is 5.65 Å².